The summed E-state index contributed by atoms with van der Waals surface area (Å²) in [5, 5.41) is 0. The molecule has 40 heavy (non-hydrogen) atoms. The molecule has 218 valence electrons. The van der Waals surface area contributed by atoms with E-state index in [9.17, 15) is 4.79 Å². The van der Waals surface area contributed by atoms with Crippen molar-refractivity contribution in [2.24, 2.45) is 5.92 Å². The first-order valence-corrected chi connectivity index (χ1v) is 14.8. The topological polar surface area (TPSA) is 54.5 Å². The second-order valence-corrected chi connectivity index (χ2v) is 11.9. The number of halogens is 1. The Morgan fingerprint density at radius 3 is 2.20 bits per heavy atom. The Morgan fingerprint density at radius 1 is 0.900 bits per heavy atom. The van der Waals surface area contributed by atoms with E-state index in [1.54, 1.807) is 0 Å². The van der Waals surface area contributed by atoms with Crippen LogP contribution in [-0.4, -0.2) is 91.3 Å². The van der Waals surface area contributed by atoms with Crippen molar-refractivity contribution in [2.75, 3.05) is 59.1 Å². The summed E-state index contributed by atoms with van der Waals surface area (Å²) in [5.74, 6) is -0.746. The van der Waals surface area contributed by atoms with E-state index in [4.69, 9.17) is 14.2 Å². The van der Waals surface area contributed by atoms with Crippen LogP contribution in [0.4, 0.5) is 9.18 Å². The molecule has 0 aliphatic carbocycles. The van der Waals surface area contributed by atoms with Crippen molar-refractivity contribution in [3.05, 3.63) is 65.7 Å². The van der Waals surface area contributed by atoms with Crippen molar-refractivity contribution < 1.29 is 23.4 Å². The third-order valence-electron chi connectivity index (χ3n) is 8.47. The van der Waals surface area contributed by atoms with E-state index >= 15 is 4.39 Å². The van der Waals surface area contributed by atoms with Crippen molar-refractivity contribution >= 4 is 6.09 Å². The molecular weight excluding hydrogens is 509 g/mol. The van der Waals surface area contributed by atoms with Crippen molar-refractivity contribution in [1.82, 2.24) is 14.7 Å². The van der Waals surface area contributed by atoms with Gasteiger partial charge in [-0.3, -0.25) is 9.80 Å². The number of morpholine rings is 1. The minimum atomic E-state index is -1.95. The van der Waals surface area contributed by atoms with Crippen LogP contribution in [0.25, 0.3) is 0 Å². The zero-order valence-electron chi connectivity index (χ0n) is 24.0. The van der Waals surface area contributed by atoms with Gasteiger partial charge in [0.25, 0.3) is 0 Å². The summed E-state index contributed by atoms with van der Waals surface area (Å²) in [6.45, 7) is 12.0. The first kappa shape index (κ1) is 28.8. The van der Waals surface area contributed by atoms with E-state index in [1.807, 2.05) is 54.6 Å². The van der Waals surface area contributed by atoms with Gasteiger partial charge in [0.15, 0.2) is 5.60 Å². The normalized spacial score (nSPS) is 23.6. The number of hydrogen-bond donors (Lipinski definition) is 0. The Balaban J connectivity index is 1.27. The molecule has 1 atom stereocenters. The van der Waals surface area contributed by atoms with Crippen molar-refractivity contribution in [2.45, 2.75) is 57.5 Å². The third-order valence-corrected chi connectivity index (χ3v) is 8.47. The zero-order chi connectivity index (χ0) is 28.0. The summed E-state index contributed by atoms with van der Waals surface area (Å²) < 4.78 is 34.9. The van der Waals surface area contributed by atoms with Crippen LogP contribution in [0, 0.1) is 5.92 Å². The predicted molar refractivity (Wildman–Crippen MR) is 153 cm³/mol. The second-order valence-electron chi connectivity index (χ2n) is 11.9. The van der Waals surface area contributed by atoms with Gasteiger partial charge in [0.1, 0.15) is 5.75 Å². The van der Waals surface area contributed by atoms with Crippen LogP contribution in [-0.2, 0) is 22.4 Å². The number of hydrogen-bond acceptors (Lipinski definition) is 6. The van der Waals surface area contributed by atoms with Gasteiger partial charge in [-0.05, 0) is 48.7 Å². The Labute approximate surface area is 238 Å². The lowest BCUT2D eigenvalue weighted by molar-refractivity contribution is -0.129. The molecule has 7 nitrogen and oxygen atoms in total. The molecule has 2 aromatic carbocycles. The molecule has 2 aromatic rings. The number of carbonyl (C=O) groups is 1. The monoisotopic (exact) mass is 553 g/mol. The first-order chi connectivity index (χ1) is 19.4. The molecule has 0 saturated carbocycles. The second kappa shape index (κ2) is 12.9. The highest BCUT2D eigenvalue weighted by atomic mass is 19.1. The summed E-state index contributed by atoms with van der Waals surface area (Å²) >= 11 is 0. The van der Waals surface area contributed by atoms with Gasteiger partial charge in [-0.15, -0.1) is 0 Å². The average molecular weight is 554 g/mol. The van der Waals surface area contributed by atoms with Crippen LogP contribution in [0.5, 0.6) is 5.75 Å². The Hall–Kier alpha value is -2.68. The molecule has 3 saturated heterocycles. The molecule has 1 unspecified atom stereocenters. The Kier molecular flexibility index (Phi) is 9.28. The first-order valence-electron chi connectivity index (χ1n) is 14.8. The van der Waals surface area contributed by atoms with E-state index in [-0.39, 0.29) is 13.0 Å². The molecule has 1 spiro atoms. The van der Waals surface area contributed by atoms with Crippen LogP contribution < -0.4 is 4.74 Å². The zero-order valence-corrected chi connectivity index (χ0v) is 24.0. The van der Waals surface area contributed by atoms with E-state index in [1.165, 1.54) is 4.90 Å². The van der Waals surface area contributed by atoms with Gasteiger partial charge in [-0.25, -0.2) is 9.18 Å². The fourth-order valence-electron chi connectivity index (χ4n) is 6.11. The summed E-state index contributed by atoms with van der Waals surface area (Å²) in [5.41, 5.74) is 0.542. The molecule has 3 aliphatic rings. The number of benzene rings is 2. The lowest BCUT2D eigenvalue weighted by Gasteiger charge is -2.45. The van der Waals surface area contributed by atoms with Crippen LogP contribution >= 0.6 is 0 Å². The van der Waals surface area contributed by atoms with Gasteiger partial charge in [-0.2, -0.15) is 0 Å². The summed E-state index contributed by atoms with van der Waals surface area (Å²) in [6.07, 6.45) is 1.57. The van der Waals surface area contributed by atoms with E-state index in [2.05, 4.69) is 23.6 Å². The van der Waals surface area contributed by atoms with Gasteiger partial charge in [0.05, 0.1) is 26.4 Å². The van der Waals surface area contributed by atoms with Crippen molar-refractivity contribution in [3.63, 3.8) is 0 Å². The summed E-state index contributed by atoms with van der Waals surface area (Å²) in [6, 6.07) is 17.2. The molecule has 3 heterocycles. The maximum atomic E-state index is 17.6. The average Bonchev–Trinajstić information content (AvgIpc) is 3.15. The van der Waals surface area contributed by atoms with Crippen LogP contribution in [0.3, 0.4) is 0 Å². The van der Waals surface area contributed by atoms with Crippen molar-refractivity contribution in [1.29, 1.82) is 0 Å². The third kappa shape index (κ3) is 6.61. The number of amides is 1. The highest BCUT2D eigenvalue weighted by Gasteiger charge is 2.66. The number of nitrogens with zero attached hydrogens (tertiary/aromatic N) is 3. The number of likely N-dealkylation sites (tertiary alicyclic amines) is 1. The van der Waals surface area contributed by atoms with Crippen LogP contribution in [0.2, 0.25) is 0 Å². The number of rotatable bonds is 11. The van der Waals surface area contributed by atoms with Crippen LogP contribution in [0.1, 0.15) is 44.2 Å². The minimum absolute atomic E-state index is 0.103. The van der Waals surface area contributed by atoms with Gasteiger partial charge in [0, 0.05) is 45.4 Å². The predicted octanol–water partition coefficient (Wildman–Crippen LogP) is 5.14. The molecular formula is C32H44FN3O4. The quantitative estimate of drug-likeness (QED) is 0.359. The van der Waals surface area contributed by atoms with E-state index in [0.29, 0.717) is 38.5 Å². The smallest absolute Gasteiger partial charge is 0.413 e. The fraction of sp³-hybridized carbons (Fsp3) is 0.594. The lowest BCUT2D eigenvalue weighted by Crippen LogP contribution is -2.60. The molecule has 0 radical (unpaired) electrons. The fourth-order valence-corrected chi connectivity index (χ4v) is 6.11. The highest BCUT2D eigenvalue weighted by Crippen LogP contribution is 2.49. The molecule has 0 N–H and O–H groups in total. The lowest BCUT2D eigenvalue weighted by atomic mass is 9.79. The van der Waals surface area contributed by atoms with E-state index < -0.39 is 17.5 Å². The van der Waals surface area contributed by atoms with Gasteiger partial charge in [-0.1, -0.05) is 56.3 Å². The Morgan fingerprint density at radius 2 is 1.55 bits per heavy atom. The number of alkyl halides is 1. The highest BCUT2D eigenvalue weighted by molar-refractivity contribution is 5.72. The number of ether oxygens (including phenoxy) is 3. The Bertz CT molecular complexity index is 1090. The van der Waals surface area contributed by atoms with Crippen LogP contribution in [0.15, 0.2) is 54.6 Å². The standard InChI is InChI=1S/C32H44FN3O4/c1-26(2)25-39-29-11-9-28(10-12-29)24-36-30(37)40-31(32(36,33)23-27-7-4-3-5-8-27)13-17-34(18-14-31)15-6-16-35-19-21-38-22-20-35/h3-5,7-12,26H,6,13-25H2,1-2H3. The molecule has 0 aromatic heterocycles. The van der Waals surface area contributed by atoms with E-state index in [0.717, 1.165) is 62.7 Å². The molecule has 0 bridgehead atoms. The number of piperidine rings is 1. The molecule has 3 fully saturated rings. The molecule has 1 amide bonds. The van der Waals surface area contributed by atoms with Gasteiger partial charge >= 0.3 is 6.09 Å². The van der Waals surface area contributed by atoms with Gasteiger partial charge in [0.2, 0.25) is 5.79 Å². The van der Waals surface area contributed by atoms with Gasteiger partial charge < -0.3 is 19.1 Å². The van der Waals surface area contributed by atoms with Crippen molar-refractivity contribution in [3.8, 4) is 5.75 Å². The molecule has 5 rings (SSSR count). The maximum absolute atomic E-state index is 17.6. The summed E-state index contributed by atoms with van der Waals surface area (Å²) in [4.78, 5) is 19.5. The minimum Gasteiger partial charge on any atom is -0.493 e. The largest absolute Gasteiger partial charge is 0.493 e. The number of carbonyl (C=O) groups excluding carboxylic acids is 1. The maximum Gasteiger partial charge on any atom is 0.413 e. The SMILES string of the molecule is CC(C)COc1ccc(CN2C(=O)OC3(CCN(CCCN4CCOCC4)CC3)C2(F)Cc2ccccc2)cc1. The molecule has 3 aliphatic heterocycles. The molecule has 8 heteroatoms. The summed E-state index contributed by atoms with van der Waals surface area (Å²) in [7, 11) is 0.